The van der Waals surface area contributed by atoms with E-state index in [0.29, 0.717) is 28.0 Å². The second-order valence-electron chi connectivity index (χ2n) is 6.37. The standard InChI is InChI=1S/C22H23N3O4S/c1-14-5-7-16(8-6-14)23-20(26)13-30-21-10-9-17(24-25-21)15-11-18(27-2)22(29-4)19(12-15)28-3/h5-12H,13H2,1-4H3,(H,23,26). The van der Waals surface area contributed by atoms with E-state index < -0.39 is 0 Å². The van der Waals surface area contributed by atoms with Gasteiger partial charge < -0.3 is 19.5 Å². The molecular formula is C22H23N3O4S. The molecule has 0 radical (unpaired) electrons. The zero-order valence-electron chi connectivity index (χ0n) is 17.3. The Kier molecular flexibility index (Phi) is 7.13. The van der Waals surface area contributed by atoms with E-state index in [4.69, 9.17) is 14.2 Å². The number of anilines is 1. The van der Waals surface area contributed by atoms with Gasteiger partial charge in [-0.05, 0) is 43.3 Å². The van der Waals surface area contributed by atoms with Crippen molar-refractivity contribution in [3.8, 4) is 28.5 Å². The predicted octanol–water partition coefficient (Wildman–Crippen LogP) is 4.21. The van der Waals surface area contributed by atoms with Crippen LogP contribution in [0.3, 0.4) is 0 Å². The first kappa shape index (κ1) is 21.4. The second kappa shape index (κ2) is 9.98. The lowest BCUT2D eigenvalue weighted by Crippen LogP contribution is -2.14. The molecule has 0 aliphatic rings. The number of hydrogen-bond acceptors (Lipinski definition) is 7. The summed E-state index contributed by atoms with van der Waals surface area (Å²) < 4.78 is 16.1. The lowest BCUT2D eigenvalue weighted by atomic mass is 10.1. The normalized spacial score (nSPS) is 10.4. The van der Waals surface area contributed by atoms with Gasteiger partial charge in [-0.1, -0.05) is 29.5 Å². The predicted molar refractivity (Wildman–Crippen MR) is 118 cm³/mol. The number of nitrogens with one attached hydrogen (secondary N) is 1. The first-order chi connectivity index (χ1) is 14.5. The van der Waals surface area contributed by atoms with Gasteiger partial charge in [-0.25, -0.2) is 0 Å². The Morgan fingerprint density at radius 1 is 0.933 bits per heavy atom. The zero-order chi connectivity index (χ0) is 21.5. The fraction of sp³-hybridized carbons (Fsp3) is 0.227. The molecule has 0 saturated heterocycles. The van der Waals surface area contributed by atoms with E-state index in [1.165, 1.54) is 11.8 Å². The molecule has 0 aliphatic heterocycles. The van der Waals surface area contributed by atoms with Crippen LogP contribution in [0.1, 0.15) is 5.56 Å². The third-order valence-corrected chi connectivity index (χ3v) is 5.21. The lowest BCUT2D eigenvalue weighted by molar-refractivity contribution is -0.113. The summed E-state index contributed by atoms with van der Waals surface area (Å²) >= 11 is 1.32. The minimum atomic E-state index is -0.0978. The number of aromatic nitrogens is 2. The van der Waals surface area contributed by atoms with Crippen LogP contribution in [0.2, 0.25) is 0 Å². The van der Waals surface area contributed by atoms with Crippen molar-refractivity contribution in [2.75, 3.05) is 32.4 Å². The van der Waals surface area contributed by atoms with E-state index in [1.54, 1.807) is 21.3 Å². The van der Waals surface area contributed by atoms with E-state index in [2.05, 4.69) is 15.5 Å². The van der Waals surface area contributed by atoms with Gasteiger partial charge in [0.15, 0.2) is 11.5 Å². The Morgan fingerprint density at radius 2 is 1.60 bits per heavy atom. The van der Waals surface area contributed by atoms with Gasteiger partial charge in [0.1, 0.15) is 5.03 Å². The summed E-state index contributed by atoms with van der Waals surface area (Å²) in [5.74, 6) is 1.74. The first-order valence-corrected chi connectivity index (χ1v) is 10.2. The molecule has 0 saturated carbocycles. The minimum absolute atomic E-state index is 0.0978. The number of aryl methyl sites for hydroxylation is 1. The van der Waals surface area contributed by atoms with Crippen LogP contribution in [0.25, 0.3) is 11.3 Å². The highest BCUT2D eigenvalue weighted by atomic mass is 32.2. The number of thioether (sulfide) groups is 1. The van der Waals surface area contributed by atoms with E-state index in [0.717, 1.165) is 16.8 Å². The van der Waals surface area contributed by atoms with Crippen molar-refractivity contribution in [1.82, 2.24) is 10.2 Å². The van der Waals surface area contributed by atoms with Crippen molar-refractivity contribution in [1.29, 1.82) is 0 Å². The molecule has 7 nitrogen and oxygen atoms in total. The summed E-state index contributed by atoms with van der Waals surface area (Å²) in [6.45, 7) is 2.00. The number of carbonyl (C=O) groups excluding carboxylic acids is 1. The second-order valence-corrected chi connectivity index (χ2v) is 7.37. The molecule has 1 N–H and O–H groups in total. The van der Waals surface area contributed by atoms with Gasteiger partial charge in [-0.3, -0.25) is 4.79 Å². The number of methoxy groups -OCH3 is 3. The summed E-state index contributed by atoms with van der Waals surface area (Å²) in [7, 11) is 4.68. The highest BCUT2D eigenvalue weighted by Crippen LogP contribution is 2.40. The third kappa shape index (κ3) is 5.21. The van der Waals surface area contributed by atoms with Gasteiger partial charge in [0, 0.05) is 11.3 Å². The number of hydrogen-bond donors (Lipinski definition) is 1. The Hall–Kier alpha value is -3.26. The fourth-order valence-corrected chi connectivity index (χ4v) is 3.37. The van der Waals surface area contributed by atoms with Crippen molar-refractivity contribution in [3.05, 3.63) is 54.1 Å². The molecule has 156 valence electrons. The molecule has 30 heavy (non-hydrogen) atoms. The van der Waals surface area contributed by atoms with Gasteiger partial charge in [-0.15, -0.1) is 10.2 Å². The minimum Gasteiger partial charge on any atom is -0.493 e. The smallest absolute Gasteiger partial charge is 0.234 e. The van der Waals surface area contributed by atoms with E-state index >= 15 is 0 Å². The summed E-state index contributed by atoms with van der Waals surface area (Å²) in [5.41, 5.74) is 3.35. The van der Waals surface area contributed by atoms with Crippen molar-refractivity contribution in [2.45, 2.75) is 11.9 Å². The highest BCUT2D eigenvalue weighted by Gasteiger charge is 2.15. The van der Waals surface area contributed by atoms with Crippen LogP contribution < -0.4 is 19.5 Å². The number of nitrogens with zero attached hydrogens (tertiary/aromatic N) is 2. The molecule has 0 atom stereocenters. The molecule has 3 aromatic rings. The summed E-state index contributed by atoms with van der Waals surface area (Å²) in [4.78, 5) is 12.1. The van der Waals surface area contributed by atoms with Crippen molar-refractivity contribution < 1.29 is 19.0 Å². The average molecular weight is 426 g/mol. The quantitative estimate of drug-likeness (QED) is 0.541. The van der Waals surface area contributed by atoms with Crippen molar-refractivity contribution in [2.24, 2.45) is 0 Å². The number of ether oxygens (including phenoxy) is 3. The third-order valence-electron chi connectivity index (χ3n) is 4.29. The van der Waals surface area contributed by atoms with Crippen LogP contribution in [-0.2, 0) is 4.79 Å². The largest absolute Gasteiger partial charge is 0.493 e. The summed E-state index contributed by atoms with van der Waals surface area (Å²) in [6, 6.07) is 15.0. The van der Waals surface area contributed by atoms with Crippen molar-refractivity contribution >= 4 is 23.4 Å². The Bertz CT molecular complexity index is 983. The number of amides is 1. The number of carbonyl (C=O) groups is 1. The topological polar surface area (TPSA) is 82.6 Å². The molecule has 1 heterocycles. The number of benzene rings is 2. The molecular weight excluding hydrogens is 402 g/mol. The molecule has 0 bridgehead atoms. The van der Waals surface area contributed by atoms with Crippen LogP contribution >= 0.6 is 11.8 Å². The van der Waals surface area contributed by atoms with Crippen LogP contribution in [0.15, 0.2) is 53.6 Å². The Labute approximate surface area is 179 Å². The SMILES string of the molecule is COc1cc(-c2ccc(SCC(=O)Nc3ccc(C)cc3)nn2)cc(OC)c1OC. The maximum atomic E-state index is 12.1. The molecule has 1 aromatic heterocycles. The molecule has 2 aromatic carbocycles. The average Bonchev–Trinajstić information content (AvgIpc) is 2.78. The zero-order valence-corrected chi connectivity index (χ0v) is 18.1. The summed E-state index contributed by atoms with van der Waals surface area (Å²) in [5, 5.41) is 12.0. The van der Waals surface area contributed by atoms with Crippen LogP contribution in [0.4, 0.5) is 5.69 Å². The maximum absolute atomic E-state index is 12.1. The summed E-state index contributed by atoms with van der Waals surface area (Å²) in [6.07, 6.45) is 0. The van der Waals surface area contributed by atoms with Gasteiger partial charge in [-0.2, -0.15) is 0 Å². The van der Waals surface area contributed by atoms with E-state index in [9.17, 15) is 4.79 Å². The van der Waals surface area contributed by atoms with E-state index in [1.807, 2.05) is 55.5 Å². The van der Waals surface area contributed by atoms with Crippen LogP contribution in [0.5, 0.6) is 17.2 Å². The van der Waals surface area contributed by atoms with Crippen LogP contribution in [-0.4, -0.2) is 43.2 Å². The lowest BCUT2D eigenvalue weighted by Gasteiger charge is -2.13. The van der Waals surface area contributed by atoms with E-state index in [-0.39, 0.29) is 11.7 Å². The molecule has 0 spiro atoms. The monoisotopic (exact) mass is 425 g/mol. The maximum Gasteiger partial charge on any atom is 0.234 e. The Balaban J connectivity index is 1.66. The van der Waals surface area contributed by atoms with Gasteiger partial charge in [0.25, 0.3) is 0 Å². The van der Waals surface area contributed by atoms with Gasteiger partial charge in [0.2, 0.25) is 11.7 Å². The molecule has 3 rings (SSSR count). The highest BCUT2D eigenvalue weighted by molar-refractivity contribution is 7.99. The molecule has 0 unspecified atom stereocenters. The van der Waals surface area contributed by atoms with Gasteiger partial charge >= 0.3 is 0 Å². The molecule has 1 amide bonds. The first-order valence-electron chi connectivity index (χ1n) is 9.17. The van der Waals surface area contributed by atoms with Crippen molar-refractivity contribution in [3.63, 3.8) is 0 Å². The molecule has 0 aliphatic carbocycles. The fourth-order valence-electron chi connectivity index (χ4n) is 2.75. The number of rotatable bonds is 8. The van der Waals surface area contributed by atoms with Crippen LogP contribution in [0, 0.1) is 6.92 Å². The molecule has 0 fully saturated rings. The Morgan fingerprint density at radius 3 is 2.13 bits per heavy atom. The van der Waals surface area contributed by atoms with Gasteiger partial charge in [0.05, 0.1) is 32.8 Å². The molecule has 8 heteroatoms.